The summed E-state index contributed by atoms with van der Waals surface area (Å²) in [6, 6.07) is -0.823. The summed E-state index contributed by atoms with van der Waals surface area (Å²) < 4.78 is 22.9. The second-order valence-electron chi connectivity index (χ2n) is 25.4. The van der Waals surface area contributed by atoms with Gasteiger partial charge >= 0.3 is 0 Å². The van der Waals surface area contributed by atoms with Crippen LogP contribution in [0.3, 0.4) is 0 Å². The molecule has 14 heteroatoms. The molecule has 2 aliphatic heterocycles. The molecule has 2 saturated heterocycles. The molecule has 4 unspecified atom stereocenters. The highest BCUT2D eigenvalue weighted by atomic mass is 16.7. The molecule has 0 saturated carbocycles. The van der Waals surface area contributed by atoms with E-state index in [0.29, 0.717) is 12.8 Å². The molecular weight excluding hydrogens is 1040 g/mol. The molecule has 82 heavy (non-hydrogen) atoms. The van der Waals surface area contributed by atoms with Gasteiger partial charge in [0.15, 0.2) is 12.6 Å². The van der Waals surface area contributed by atoms with E-state index in [9.17, 15) is 45.6 Å². The van der Waals surface area contributed by atoms with Gasteiger partial charge in [-0.25, -0.2) is 0 Å². The maximum Gasteiger partial charge on any atom is 0.220 e. The fourth-order valence-electron chi connectivity index (χ4n) is 12.2. The van der Waals surface area contributed by atoms with Crippen LogP contribution in [-0.4, -0.2) is 140 Å². The van der Waals surface area contributed by atoms with Crippen molar-refractivity contribution in [3.8, 4) is 0 Å². The zero-order valence-electron chi connectivity index (χ0n) is 53.0. The molecule has 0 spiro atoms. The van der Waals surface area contributed by atoms with Gasteiger partial charge < -0.3 is 65.1 Å². The number of hydrogen-bond acceptors (Lipinski definition) is 13. The van der Waals surface area contributed by atoms with Gasteiger partial charge in [-0.3, -0.25) is 4.79 Å². The van der Waals surface area contributed by atoms with Gasteiger partial charge in [-0.15, -0.1) is 0 Å². The highest BCUT2D eigenvalue weighted by Gasteiger charge is 2.51. The summed E-state index contributed by atoms with van der Waals surface area (Å²) in [6.45, 7) is 2.91. The summed E-state index contributed by atoms with van der Waals surface area (Å²) in [7, 11) is 0. The molecule has 0 aromatic heterocycles. The van der Waals surface area contributed by atoms with Crippen molar-refractivity contribution in [2.24, 2.45) is 0 Å². The zero-order chi connectivity index (χ0) is 59.5. The number of carbonyl (C=O) groups excluding carboxylic acids is 1. The van der Waals surface area contributed by atoms with E-state index < -0.39 is 86.8 Å². The first-order valence-corrected chi connectivity index (χ1v) is 35.3. The molecule has 14 nitrogen and oxygen atoms in total. The van der Waals surface area contributed by atoms with E-state index in [1.807, 2.05) is 0 Å². The van der Waals surface area contributed by atoms with Gasteiger partial charge in [-0.2, -0.15) is 0 Å². The SMILES string of the molecule is CCCCCCCCCCCCCCCCCCCCCCCCCCCCCCCCCCCCC(=O)N[C@@H](CO[C@@H]1O[C@H](CO)[C@@H](O[C@@H]2O[C@H](CO)[C@H](O)C(O)C2O)C(O)C1O)[C@H](O)CCCCCCCCCCCCCCCC. The van der Waals surface area contributed by atoms with Crippen LogP contribution >= 0.6 is 0 Å². The summed E-state index contributed by atoms with van der Waals surface area (Å²) in [5.41, 5.74) is 0. The number of carbonyl (C=O) groups is 1. The molecule has 0 aliphatic carbocycles. The monoisotopic (exact) mass is 1170 g/mol. The van der Waals surface area contributed by atoms with Gasteiger partial charge in [0.05, 0.1) is 32.0 Å². The van der Waals surface area contributed by atoms with Crippen molar-refractivity contribution in [1.82, 2.24) is 5.32 Å². The summed E-state index contributed by atoms with van der Waals surface area (Å²) in [4.78, 5) is 13.3. The Hall–Kier alpha value is -1.01. The van der Waals surface area contributed by atoms with Gasteiger partial charge in [-0.05, 0) is 12.8 Å². The van der Waals surface area contributed by atoms with Crippen molar-refractivity contribution in [3.63, 3.8) is 0 Å². The molecule has 0 bridgehead atoms. The fraction of sp³-hybridized carbons (Fsp3) is 0.985. The van der Waals surface area contributed by atoms with Crippen LogP contribution in [0.2, 0.25) is 0 Å². The lowest BCUT2D eigenvalue weighted by molar-refractivity contribution is -0.359. The predicted octanol–water partition coefficient (Wildman–Crippen LogP) is 14.0. The first-order chi connectivity index (χ1) is 40.1. The Morgan fingerprint density at radius 2 is 0.695 bits per heavy atom. The summed E-state index contributed by atoms with van der Waals surface area (Å²) >= 11 is 0. The third kappa shape index (κ3) is 38.3. The van der Waals surface area contributed by atoms with Crippen LogP contribution in [0.15, 0.2) is 0 Å². The van der Waals surface area contributed by atoms with Crippen molar-refractivity contribution >= 4 is 5.91 Å². The molecule has 488 valence electrons. The highest BCUT2D eigenvalue weighted by molar-refractivity contribution is 5.76. The Labute approximate surface area is 502 Å². The van der Waals surface area contributed by atoms with Crippen LogP contribution in [0.25, 0.3) is 0 Å². The topological polar surface area (TPSA) is 228 Å². The molecule has 9 N–H and O–H groups in total. The van der Waals surface area contributed by atoms with Crippen LogP contribution in [0.1, 0.15) is 335 Å². The first kappa shape index (κ1) is 77.1. The number of unbranched alkanes of at least 4 members (excludes halogenated alkanes) is 46. The van der Waals surface area contributed by atoms with Gasteiger partial charge in [0.25, 0.3) is 0 Å². The smallest absolute Gasteiger partial charge is 0.220 e. The molecule has 1 amide bonds. The number of nitrogens with one attached hydrogen (secondary N) is 1. The van der Waals surface area contributed by atoms with Crippen molar-refractivity contribution in [1.29, 1.82) is 0 Å². The van der Waals surface area contributed by atoms with Gasteiger partial charge in [-0.1, -0.05) is 316 Å². The van der Waals surface area contributed by atoms with E-state index in [0.717, 1.165) is 51.4 Å². The number of ether oxygens (including phenoxy) is 4. The minimum absolute atomic E-state index is 0.198. The summed E-state index contributed by atoms with van der Waals surface area (Å²) in [5.74, 6) is -0.198. The normalized spacial score (nSPS) is 23.8. The fourth-order valence-corrected chi connectivity index (χ4v) is 12.2. The maximum atomic E-state index is 13.3. The third-order valence-electron chi connectivity index (χ3n) is 17.8. The Morgan fingerprint density at radius 3 is 1.04 bits per heavy atom. The number of aliphatic hydroxyl groups is 8. The maximum absolute atomic E-state index is 13.3. The summed E-state index contributed by atoms with van der Waals surface area (Å²) in [6.07, 6.45) is 47.2. The quantitative estimate of drug-likeness (QED) is 0.0259. The van der Waals surface area contributed by atoms with E-state index in [2.05, 4.69) is 19.2 Å². The van der Waals surface area contributed by atoms with Gasteiger partial charge in [0.2, 0.25) is 5.91 Å². The Balaban J connectivity index is 1.58. The zero-order valence-corrected chi connectivity index (χ0v) is 53.0. The molecule has 0 aromatic rings. The van der Waals surface area contributed by atoms with Crippen LogP contribution in [0.5, 0.6) is 0 Å². The number of rotatable bonds is 59. The van der Waals surface area contributed by atoms with Crippen molar-refractivity contribution in [2.45, 2.75) is 408 Å². The van der Waals surface area contributed by atoms with Crippen molar-refractivity contribution < 1.29 is 64.6 Å². The highest BCUT2D eigenvalue weighted by Crippen LogP contribution is 2.30. The number of hydrogen-bond donors (Lipinski definition) is 9. The molecule has 0 radical (unpaired) electrons. The molecule has 2 fully saturated rings. The van der Waals surface area contributed by atoms with Crippen LogP contribution in [-0.2, 0) is 23.7 Å². The minimum Gasteiger partial charge on any atom is -0.394 e. The van der Waals surface area contributed by atoms with E-state index in [4.69, 9.17) is 18.9 Å². The molecule has 12 atom stereocenters. The van der Waals surface area contributed by atoms with Crippen molar-refractivity contribution in [3.05, 3.63) is 0 Å². The molecule has 2 heterocycles. The second-order valence-corrected chi connectivity index (χ2v) is 25.4. The molecule has 0 aromatic carbocycles. The first-order valence-electron chi connectivity index (χ1n) is 35.3. The standard InChI is InChI=1S/C68H133NO13/c1-3-5-7-9-11-13-15-17-19-20-21-22-23-24-25-26-27-28-29-30-31-32-33-34-35-36-37-38-40-42-44-46-48-50-52-60(73)69-56(57(72)51-49-47-45-43-41-39-18-16-14-12-10-8-6-4-2)55-79-67-65(78)63(76)66(59(54-71)81-67)82-68-64(77)62(75)61(74)58(53-70)80-68/h56-59,61-68,70-72,74-78H,3-55H2,1-2H3,(H,69,73)/t56-,57+,58+,59+,61-,62?,63?,64?,65?,66+,67+,68-/m0/s1. The van der Waals surface area contributed by atoms with E-state index in [1.54, 1.807) is 0 Å². The lowest BCUT2D eigenvalue weighted by Crippen LogP contribution is -2.65. The largest absolute Gasteiger partial charge is 0.394 e. The van der Waals surface area contributed by atoms with E-state index in [-0.39, 0.29) is 12.5 Å². The molecular formula is C68H133NO13. The van der Waals surface area contributed by atoms with E-state index in [1.165, 1.54) is 257 Å². The second kappa shape index (κ2) is 54.2. The Morgan fingerprint density at radius 1 is 0.390 bits per heavy atom. The lowest BCUT2D eigenvalue weighted by atomic mass is 9.97. The van der Waals surface area contributed by atoms with Crippen LogP contribution < -0.4 is 5.32 Å². The third-order valence-corrected chi connectivity index (χ3v) is 17.8. The lowest BCUT2D eigenvalue weighted by Gasteiger charge is -2.46. The minimum atomic E-state index is -1.78. The Bertz CT molecular complexity index is 1380. The van der Waals surface area contributed by atoms with Crippen LogP contribution in [0.4, 0.5) is 0 Å². The molecule has 2 rings (SSSR count). The van der Waals surface area contributed by atoms with Crippen molar-refractivity contribution in [2.75, 3.05) is 19.8 Å². The van der Waals surface area contributed by atoms with Gasteiger partial charge in [0.1, 0.15) is 48.8 Å². The number of amides is 1. The van der Waals surface area contributed by atoms with Gasteiger partial charge in [0, 0.05) is 6.42 Å². The van der Waals surface area contributed by atoms with E-state index >= 15 is 0 Å². The number of aliphatic hydroxyl groups excluding tert-OH is 8. The average Bonchev–Trinajstić information content (AvgIpc) is 3.64. The molecule has 2 aliphatic rings. The summed E-state index contributed by atoms with van der Waals surface area (Å²) in [5, 5.41) is 87.4. The Kier molecular flexibility index (Phi) is 50.9. The predicted molar refractivity (Wildman–Crippen MR) is 332 cm³/mol. The average molecular weight is 1170 g/mol. The van der Waals surface area contributed by atoms with Crippen LogP contribution in [0, 0.1) is 0 Å².